The first-order valence-electron chi connectivity index (χ1n) is 9.07. The van der Waals surface area contributed by atoms with Crippen molar-refractivity contribution in [1.29, 1.82) is 5.26 Å². The lowest BCUT2D eigenvalue weighted by molar-refractivity contribution is -0.138. The molecule has 28 heavy (non-hydrogen) atoms. The van der Waals surface area contributed by atoms with Gasteiger partial charge in [0.15, 0.2) is 0 Å². The van der Waals surface area contributed by atoms with Crippen LogP contribution >= 0.6 is 0 Å². The smallest absolute Gasteiger partial charge is 0.367 e. The molecule has 3 saturated heterocycles. The minimum Gasteiger partial charge on any atom is -0.367 e. The summed E-state index contributed by atoms with van der Waals surface area (Å²) in [5.74, 6) is -2.53. The second-order valence-corrected chi connectivity index (χ2v) is 8.35. The number of fused-ring (bicyclic) bond motifs is 5. The fourth-order valence-corrected chi connectivity index (χ4v) is 5.43. The largest absolute Gasteiger partial charge is 0.417 e. The van der Waals surface area contributed by atoms with Gasteiger partial charge in [0.25, 0.3) is 0 Å². The van der Waals surface area contributed by atoms with Gasteiger partial charge in [-0.3, -0.25) is 9.59 Å². The zero-order valence-corrected chi connectivity index (χ0v) is 15.8. The van der Waals surface area contributed by atoms with Crippen LogP contribution in [0.4, 0.5) is 18.9 Å². The lowest BCUT2D eigenvalue weighted by atomic mass is 9.59. The molecule has 1 aromatic rings. The number of carbonyl (C=O) groups excluding carboxylic acids is 2. The number of hydrogen-bond donors (Lipinski definition) is 0. The predicted molar refractivity (Wildman–Crippen MR) is 91.9 cm³/mol. The van der Waals surface area contributed by atoms with E-state index < -0.39 is 52.2 Å². The summed E-state index contributed by atoms with van der Waals surface area (Å²) in [5.41, 5.74) is -3.58. The summed E-state index contributed by atoms with van der Waals surface area (Å²) in [6.07, 6.45) is -4.77. The van der Waals surface area contributed by atoms with Crippen LogP contribution in [0.1, 0.15) is 38.8 Å². The van der Waals surface area contributed by atoms with Gasteiger partial charge in [-0.05, 0) is 43.9 Å². The molecule has 3 aliphatic heterocycles. The number of rotatable bonds is 1. The fraction of sp³-hybridized carbons (Fsp3) is 0.550. The number of amides is 2. The van der Waals surface area contributed by atoms with Crippen molar-refractivity contribution in [2.45, 2.75) is 45.1 Å². The summed E-state index contributed by atoms with van der Waals surface area (Å²) in [6.45, 7) is 7.55. The third kappa shape index (κ3) is 2.05. The van der Waals surface area contributed by atoms with Crippen LogP contribution in [0.2, 0.25) is 0 Å². The van der Waals surface area contributed by atoms with Crippen LogP contribution in [-0.2, 0) is 20.5 Å². The second-order valence-electron chi connectivity index (χ2n) is 8.35. The van der Waals surface area contributed by atoms with Crippen molar-refractivity contribution in [2.75, 3.05) is 4.90 Å². The minimum absolute atomic E-state index is 0.0159. The Morgan fingerprint density at radius 3 is 2.00 bits per heavy atom. The van der Waals surface area contributed by atoms with E-state index in [9.17, 15) is 22.8 Å². The average molecular weight is 392 g/mol. The molecule has 1 aromatic carbocycles. The Hall–Kier alpha value is -2.40. The van der Waals surface area contributed by atoms with Crippen LogP contribution in [0.5, 0.6) is 0 Å². The molecule has 2 amide bonds. The third-order valence-electron chi connectivity index (χ3n) is 7.23. The molecule has 4 rings (SSSR count). The van der Waals surface area contributed by atoms with E-state index in [2.05, 4.69) is 0 Å². The first kappa shape index (κ1) is 18.9. The Labute approximate surface area is 160 Å². The number of nitriles is 1. The van der Waals surface area contributed by atoms with Gasteiger partial charge in [-0.15, -0.1) is 0 Å². The number of hydrogen-bond acceptors (Lipinski definition) is 4. The monoisotopic (exact) mass is 392 g/mol. The van der Waals surface area contributed by atoms with Crippen LogP contribution in [-0.4, -0.2) is 23.0 Å². The highest BCUT2D eigenvalue weighted by Gasteiger charge is 2.77. The zero-order chi connectivity index (χ0) is 20.8. The Bertz CT molecular complexity index is 915. The number of alkyl halides is 3. The standard InChI is InChI=1S/C20H19F3N2O3/c1-9-10(2)19(4)15-14(18(9,3)28-19)16(26)25(17(15)27)12-6-5-11(8-24)13(7-12)20(21,22)23/h5-7,9-10,14-15H,1-4H3. The molecule has 8 heteroatoms. The molecule has 3 aliphatic rings. The van der Waals surface area contributed by atoms with Gasteiger partial charge in [-0.2, -0.15) is 18.4 Å². The predicted octanol–water partition coefficient (Wildman–Crippen LogP) is 3.52. The summed E-state index contributed by atoms with van der Waals surface area (Å²) in [7, 11) is 0. The Morgan fingerprint density at radius 2 is 1.57 bits per heavy atom. The van der Waals surface area contributed by atoms with Crippen molar-refractivity contribution < 1.29 is 27.5 Å². The van der Waals surface area contributed by atoms with E-state index in [1.54, 1.807) is 13.8 Å². The van der Waals surface area contributed by atoms with E-state index in [1.165, 1.54) is 12.1 Å². The summed E-state index contributed by atoms with van der Waals surface area (Å²) in [4.78, 5) is 27.2. The van der Waals surface area contributed by atoms with Gasteiger partial charge in [-0.25, -0.2) is 4.90 Å². The molecule has 0 N–H and O–H groups in total. The van der Waals surface area contributed by atoms with Gasteiger partial charge in [0, 0.05) is 0 Å². The first-order valence-corrected chi connectivity index (χ1v) is 9.07. The molecule has 148 valence electrons. The molecule has 0 aromatic heterocycles. The van der Waals surface area contributed by atoms with Gasteiger partial charge in [0.05, 0.1) is 45.9 Å². The molecule has 3 heterocycles. The van der Waals surface area contributed by atoms with Crippen LogP contribution in [0, 0.1) is 35.0 Å². The molecular formula is C20H19F3N2O3. The lowest BCUT2D eigenvalue weighted by Gasteiger charge is -2.38. The van der Waals surface area contributed by atoms with E-state index in [4.69, 9.17) is 10.00 Å². The Kier molecular flexibility index (Phi) is 3.62. The van der Waals surface area contributed by atoms with Crippen molar-refractivity contribution >= 4 is 17.5 Å². The van der Waals surface area contributed by atoms with E-state index in [1.807, 2.05) is 13.8 Å². The molecule has 3 fully saturated rings. The molecule has 0 spiro atoms. The van der Waals surface area contributed by atoms with Gasteiger partial charge in [0.2, 0.25) is 11.8 Å². The first-order chi connectivity index (χ1) is 12.9. The molecular weight excluding hydrogens is 373 g/mol. The lowest BCUT2D eigenvalue weighted by Crippen LogP contribution is -2.49. The molecule has 0 aliphatic carbocycles. The van der Waals surface area contributed by atoms with Crippen molar-refractivity contribution in [3.8, 4) is 6.07 Å². The summed E-state index contributed by atoms with van der Waals surface area (Å²) in [5, 5.41) is 8.96. The summed E-state index contributed by atoms with van der Waals surface area (Å²) < 4.78 is 46.2. The number of anilines is 1. The highest BCUT2D eigenvalue weighted by Crippen LogP contribution is 2.65. The highest BCUT2D eigenvalue weighted by atomic mass is 19.4. The van der Waals surface area contributed by atoms with Crippen LogP contribution in [0.3, 0.4) is 0 Å². The maximum atomic E-state index is 13.3. The van der Waals surface area contributed by atoms with Gasteiger partial charge < -0.3 is 4.74 Å². The van der Waals surface area contributed by atoms with E-state index in [0.717, 1.165) is 11.0 Å². The maximum Gasteiger partial charge on any atom is 0.417 e. The van der Waals surface area contributed by atoms with Gasteiger partial charge in [0.1, 0.15) is 0 Å². The highest BCUT2D eigenvalue weighted by molar-refractivity contribution is 6.23. The normalized spacial score (nSPS) is 39.4. The van der Waals surface area contributed by atoms with E-state index in [0.29, 0.717) is 6.07 Å². The van der Waals surface area contributed by atoms with Crippen LogP contribution in [0.15, 0.2) is 18.2 Å². The Morgan fingerprint density at radius 1 is 1.07 bits per heavy atom. The quantitative estimate of drug-likeness (QED) is 0.686. The number of ether oxygens (including phenoxy) is 1. The third-order valence-corrected chi connectivity index (χ3v) is 7.23. The summed E-state index contributed by atoms with van der Waals surface area (Å²) in [6, 6.07) is 4.41. The zero-order valence-electron chi connectivity index (χ0n) is 15.8. The number of nitrogens with zero attached hydrogens (tertiary/aromatic N) is 2. The van der Waals surface area contributed by atoms with Crippen molar-refractivity contribution in [3.63, 3.8) is 0 Å². The molecule has 6 unspecified atom stereocenters. The second kappa shape index (κ2) is 5.35. The molecule has 2 bridgehead atoms. The van der Waals surface area contributed by atoms with Crippen LogP contribution in [0.25, 0.3) is 0 Å². The van der Waals surface area contributed by atoms with Crippen molar-refractivity contribution in [2.24, 2.45) is 23.7 Å². The number of imide groups is 1. The number of halogens is 3. The number of benzene rings is 1. The molecule has 0 radical (unpaired) electrons. The number of carbonyl (C=O) groups is 2. The Balaban J connectivity index is 1.82. The SMILES string of the molecule is CC1C(C)C2(C)OC1(C)C1C(=O)N(c3ccc(C#N)c(C(F)(F)F)c3)C(=O)C12. The van der Waals surface area contributed by atoms with Gasteiger partial charge >= 0.3 is 6.18 Å². The molecule has 5 nitrogen and oxygen atoms in total. The fourth-order valence-electron chi connectivity index (χ4n) is 5.43. The molecule has 6 atom stereocenters. The molecule has 0 saturated carbocycles. The van der Waals surface area contributed by atoms with Crippen molar-refractivity contribution in [3.05, 3.63) is 29.3 Å². The van der Waals surface area contributed by atoms with Gasteiger partial charge in [-0.1, -0.05) is 13.8 Å². The maximum absolute atomic E-state index is 13.3. The minimum atomic E-state index is -4.77. The van der Waals surface area contributed by atoms with E-state index >= 15 is 0 Å². The van der Waals surface area contributed by atoms with Crippen molar-refractivity contribution in [1.82, 2.24) is 0 Å². The van der Waals surface area contributed by atoms with Crippen LogP contribution < -0.4 is 4.90 Å². The van der Waals surface area contributed by atoms with E-state index in [-0.39, 0.29) is 17.5 Å². The summed E-state index contributed by atoms with van der Waals surface area (Å²) >= 11 is 0. The topological polar surface area (TPSA) is 70.4 Å². The average Bonchev–Trinajstić information content (AvgIpc) is 3.10.